The number of hydrogen-bond acceptors (Lipinski definition) is 4. The van der Waals surface area contributed by atoms with E-state index in [1.165, 1.54) is 37.4 Å². The maximum atomic E-state index is 12.6. The largest absolute Gasteiger partial charge is 0.497 e. The van der Waals surface area contributed by atoms with Crippen molar-refractivity contribution in [2.45, 2.75) is 4.90 Å². The summed E-state index contributed by atoms with van der Waals surface area (Å²) in [4.78, 5) is 11.7. The minimum Gasteiger partial charge on any atom is -0.497 e. The second kappa shape index (κ2) is 6.45. The van der Waals surface area contributed by atoms with Gasteiger partial charge in [0.2, 0.25) is 0 Å². The number of carbonyl (C=O) groups is 1. The highest BCUT2D eigenvalue weighted by molar-refractivity contribution is 7.92. The van der Waals surface area contributed by atoms with Crippen LogP contribution in [-0.2, 0) is 10.0 Å². The molecule has 0 atom stereocenters. The van der Waals surface area contributed by atoms with Crippen LogP contribution in [0, 0.1) is 0 Å². The number of carboxylic acids is 1. The van der Waals surface area contributed by atoms with E-state index in [2.05, 4.69) is 4.72 Å². The van der Waals surface area contributed by atoms with E-state index >= 15 is 0 Å². The molecule has 3 rings (SSSR count). The number of carboxylic acid groups (broad SMARTS) is 1. The number of sulfonamides is 1. The molecule has 0 radical (unpaired) electrons. The van der Waals surface area contributed by atoms with E-state index in [9.17, 15) is 18.3 Å². The van der Waals surface area contributed by atoms with Gasteiger partial charge in [0.15, 0.2) is 0 Å². The van der Waals surface area contributed by atoms with E-state index in [-0.39, 0.29) is 16.1 Å². The van der Waals surface area contributed by atoms with Crippen LogP contribution in [0.5, 0.6) is 5.75 Å². The zero-order valence-electron chi connectivity index (χ0n) is 13.3. The SMILES string of the molecule is COc1ccc(S(=O)(=O)Nc2ccc3ccccc3c2C(=O)O)cc1. The van der Waals surface area contributed by atoms with Gasteiger partial charge < -0.3 is 9.84 Å². The van der Waals surface area contributed by atoms with Gasteiger partial charge >= 0.3 is 5.97 Å². The van der Waals surface area contributed by atoms with E-state index < -0.39 is 16.0 Å². The topological polar surface area (TPSA) is 92.7 Å². The van der Waals surface area contributed by atoms with Crippen LogP contribution in [0.25, 0.3) is 10.8 Å². The second-order valence-corrected chi connectivity index (χ2v) is 6.98. The van der Waals surface area contributed by atoms with E-state index in [1.807, 2.05) is 0 Å². The summed E-state index contributed by atoms with van der Waals surface area (Å²) in [6.45, 7) is 0. The number of methoxy groups -OCH3 is 1. The van der Waals surface area contributed by atoms with Gasteiger partial charge in [0, 0.05) is 0 Å². The fourth-order valence-corrected chi connectivity index (χ4v) is 3.62. The number of aromatic carboxylic acids is 1. The molecule has 25 heavy (non-hydrogen) atoms. The first kappa shape index (κ1) is 16.8. The second-order valence-electron chi connectivity index (χ2n) is 5.30. The highest BCUT2D eigenvalue weighted by atomic mass is 32.2. The lowest BCUT2D eigenvalue weighted by molar-refractivity contribution is 0.0700. The first-order valence-corrected chi connectivity index (χ1v) is 8.82. The number of fused-ring (bicyclic) bond motifs is 1. The van der Waals surface area contributed by atoms with Crippen molar-refractivity contribution >= 4 is 32.5 Å². The number of nitrogens with one attached hydrogen (secondary N) is 1. The Hall–Kier alpha value is -3.06. The Morgan fingerprint density at radius 1 is 1.00 bits per heavy atom. The predicted octanol–water partition coefficient (Wildman–Crippen LogP) is 3.35. The molecule has 6 nitrogen and oxygen atoms in total. The first-order valence-electron chi connectivity index (χ1n) is 7.34. The summed E-state index contributed by atoms with van der Waals surface area (Å²) in [6, 6.07) is 15.9. The normalized spacial score (nSPS) is 11.2. The first-order chi connectivity index (χ1) is 11.9. The minimum absolute atomic E-state index is 0.0118. The Morgan fingerprint density at radius 3 is 2.32 bits per heavy atom. The molecule has 7 heteroatoms. The van der Waals surface area contributed by atoms with Gasteiger partial charge in [-0.1, -0.05) is 30.3 Å². The van der Waals surface area contributed by atoms with Crippen LogP contribution >= 0.6 is 0 Å². The smallest absolute Gasteiger partial charge is 0.338 e. The lowest BCUT2D eigenvalue weighted by Gasteiger charge is -2.13. The quantitative estimate of drug-likeness (QED) is 0.730. The van der Waals surface area contributed by atoms with Crippen LogP contribution in [-0.4, -0.2) is 26.6 Å². The lowest BCUT2D eigenvalue weighted by atomic mass is 10.0. The van der Waals surface area contributed by atoms with Gasteiger partial charge in [-0.25, -0.2) is 13.2 Å². The highest BCUT2D eigenvalue weighted by Crippen LogP contribution is 2.28. The molecule has 0 fully saturated rings. The Labute approximate surface area is 144 Å². The summed E-state index contributed by atoms with van der Waals surface area (Å²) in [7, 11) is -2.45. The number of hydrogen-bond donors (Lipinski definition) is 2. The summed E-state index contributed by atoms with van der Waals surface area (Å²) < 4.78 is 32.5. The monoisotopic (exact) mass is 357 g/mol. The Balaban J connectivity index is 2.07. The van der Waals surface area contributed by atoms with E-state index in [0.717, 1.165) is 0 Å². The van der Waals surface area contributed by atoms with Gasteiger partial charge in [-0.15, -0.1) is 0 Å². The van der Waals surface area contributed by atoms with Crippen LogP contribution in [0.2, 0.25) is 0 Å². The molecule has 0 unspecified atom stereocenters. The molecule has 0 saturated carbocycles. The average Bonchev–Trinajstić information content (AvgIpc) is 2.61. The third-order valence-corrected chi connectivity index (χ3v) is 5.14. The third-order valence-electron chi connectivity index (χ3n) is 3.76. The van der Waals surface area contributed by atoms with Gasteiger partial charge in [-0.3, -0.25) is 4.72 Å². The lowest BCUT2D eigenvalue weighted by Crippen LogP contribution is -2.15. The van der Waals surface area contributed by atoms with Gasteiger partial charge in [0.25, 0.3) is 10.0 Å². The molecule has 0 spiro atoms. The van der Waals surface area contributed by atoms with Gasteiger partial charge in [-0.2, -0.15) is 0 Å². The number of rotatable bonds is 5. The molecule has 0 heterocycles. The third kappa shape index (κ3) is 3.27. The van der Waals surface area contributed by atoms with Crippen molar-refractivity contribution in [3.63, 3.8) is 0 Å². The Bertz CT molecular complexity index is 1040. The summed E-state index contributed by atoms with van der Waals surface area (Å²) in [5.41, 5.74) is -0.0720. The summed E-state index contributed by atoms with van der Waals surface area (Å²) in [5.74, 6) is -0.680. The van der Waals surface area contributed by atoms with Crippen molar-refractivity contribution in [3.8, 4) is 5.75 Å². The standard InChI is InChI=1S/C18H15NO5S/c1-24-13-7-9-14(10-8-13)25(22,23)19-16-11-6-12-4-2-3-5-15(12)17(16)18(20)21/h2-11,19H,1H3,(H,20,21). The minimum atomic E-state index is -3.93. The zero-order chi connectivity index (χ0) is 18.0. The number of anilines is 1. The van der Waals surface area contributed by atoms with Crippen molar-refractivity contribution in [1.29, 1.82) is 0 Å². The van der Waals surface area contributed by atoms with Crippen molar-refractivity contribution in [2.75, 3.05) is 11.8 Å². The van der Waals surface area contributed by atoms with Crippen LogP contribution in [0.1, 0.15) is 10.4 Å². The molecule has 3 aromatic rings. The van der Waals surface area contributed by atoms with E-state index in [0.29, 0.717) is 16.5 Å². The number of ether oxygens (including phenoxy) is 1. The van der Waals surface area contributed by atoms with E-state index in [4.69, 9.17) is 4.74 Å². The Kier molecular flexibility index (Phi) is 4.33. The Morgan fingerprint density at radius 2 is 1.68 bits per heavy atom. The van der Waals surface area contributed by atoms with Crippen molar-refractivity contribution in [1.82, 2.24) is 0 Å². The highest BCUT2D eigenvalue weighted by Gasteiger charge is 2.20. The predicted molar refractivity (Wildman–Crippen MR) is 94.7 cm³/mol. The molecule has 0 aliphatic rings. The molecule has 0 aliphatic carbocycles. The molecule has 0 aromatic heterocycles. The van der Waals surface area contributed by atoms with Crippen LogP contribution in [0.4, 0.5) is 5.69 Å². The fraction of sp³-hybridized carbons (Fsp3) is 0.0556. The van der Waals surface area contributed by atoms with Crippen molar-refractivity contribution in [3.05, 3.63) is 66.2 Å². The van der Waals surface area contributed by atoms with E-state index in [1.54, 1.807) is 30.3 Å². The molecular formula is C18H15NO5S. The van der Waals surface area contributed by atoms with Crippen LogP contribution < -0.4 is 9.46 Å². The molecule has 128 valence electrons. The zero-order valence-corrected chi connectivity index (χ0v) is 14.1. The van der Waals surface area contributed by atoms with Crippen molar-refractivity contribution in [2.24, 2.45) is 0 Å². The van der Waals surface area contributed by atoms with Gasteiger partial charge in [0.05, 0.1) is 23.3 Å². The van der Waals surface area contributed by atoms with Crippen LogP contribution in [0.15, 0.2) is 65.6 Å². The maximum absolute atomic E-state index is 12.6. The summed E-state index contributed by atoms with van der Waals surface area (Å²) in [5, 5.41) is 10.7. The van der Waals surface area contributed by atoms with Gasteiger partial charge in [0.1, 0.15) is 5.75 Å². The molecule has 3 aromatic carbocycles. The molecule has 0 saturated heterocycles. The van der Waals surface area contributed by atoms with Gasteiger partial charge in [-0.05, 0) is 41.1 Å². The molecular weight excluding hydrogens is 342 g/mol. The molecule has 0 bridgehead atoms. The average molecular weight is 357 g/mol. The fourth-order valence-electron chi connectivity index (χ4n) is 2.55. The molecule has 2 N–H and O–H groups in total. The maximum Gasteiger partial charge on any atom is 0.338 e. The van der Waals surface area contributed by atoms with Crippen LogP contribution in [0.3, 0.4) is 0 Å². The molecule has 0 amide bonds. The summed E-state index contributed by atoms with van der Waals surface area (Å²) >= 11 is 0. The van der Waals surface area contributed by atoms with Crippen molar-refractivity contribution < 1.29 is 23.1 Å². The molecule has 0 aliphatic heterocycles. The number of benzene rings is 3. The summed E-state index contributed by atoms with van der Waals surface area (Å²) in [6.07, 6.45) is 0.